The van der Waals surface area contributed by atoms with Crippen molar-refractivity contribution in [2.24, 2.45) is 0 Å². The van der Waals surface area contributed by atoms with E-state index in [1.807, 2.05) is 49.4 Å². The monoisotopic (exact) mass is 542 g/mol. The molecule has 0 saturated carbocycles. The van der Waals surface area contributed by atoms with Gasteiger partial charge in [0.1, 0.15) is 18.9 Å². The molecule has 0 saturated heterocycles. The predicted molar refractivity (Wildman–Crippen MR) is 145 cm³/mol. The van der Waals surface area contributed by atoms with Crippen LogP contribution >= 0.6 is 23.2 Å². The standard InChI is InChI=1S/C27H24Cl2N2O4S/c1-19-9-13-23(14-10-19)36(33,34)31(25-8-4-7-24(28)27(25)29)18-26(32)30-15-16-35-22-12-11-20-5-2-3-6-21(20)17-22/h2-14,17H,15-16,18H2,1H3,(H,30,32). The molecule has 0 heterocycles. The van der Waals surface area contributed by atoms with E-state index in [1.165, 1.54) is 18.2 Å². The molecule has 36 heavy (non-hydrogen) atoms. The smallest absolute Gasteiger partial charge is 0.264 e. The number of nitrogens with one attached hydrogen (secondary N) is 1. The Kier molecular flexibility index (Phi) is 8.04. The number of hydrogen-bond acceptors (Lipinski definition) is 4. The normalized spacial score (nSPS) is 11.3. The fourth-order valence-corrected chi connectivity index (χ4v) is 5.51. The van der Waals surface area contributed by atoms with E-state index in [0.29, 0.717) is 5.75 Å². The SMILES string of the molecule is Cc1ccc(S(=O)(=O)N(CC(=O)NCCOc2ccc3ccccc3c2)c2cccc(Cl)c2Cl)cc1. The number of nitrogens with zero attached hydrogens (tertiary/aromatic N) is 1. The Hall–Kier alpha value is -3.26. The highest BCUT2D eigenvalue weighted by Crippen LogP contribution is 2.35. The molecular formula is C27H24Cl2N2O4S. The second kappa shape index (κ2) is 11.2. The molecule has 9 heteroatoms. The summed E-state index contributed by atoms with van der Waals surface area (Å²) in [6.07, 6.45) is 0. The molecule has 0 fully saturated rings. The minimum atomic E-state index is -4.10. The van der Waals surface area contributed by atoms with E-state index >= 15 is 0 Å². The minimum Gasteiger partial charge on any atom is -0.492 e. The first kappa shape index (κ1) is 25.8. The van der Waals surface area contributed by atoms with Crippen LogP contribution in [-0.2, 0) is 14.8 Å². The zero-order valence-corrected chi connectivity index (χ0v) is 21.8. The number of anilines is 1. The molecule has 4 aromatic carbocycles. The Labute approximate surface area is 220 Å². The van der Waals surface area contributed by atoms with Crippen molar-refractivity contribution in [3.63, 3.8) is 0 Å². The summed E-state index contributed by atoms with van der Waals surface area (Å²) in [5.41, 5.74) is 1.03. The third kappa shape index (κ3) is 5.93. The fourth-order valence-electron chi connectivity index (χ4n) is 3.62. The van der Waals surface area contributed by atoms with Crippen LogP contribution < -0.4 is 14.4 Å². The lowest BCUT2D eigenvalue weighted by molar-refractivity contribution is -0.119. The number of rotatable bonds is 9. The van der Waals surface area contributed by atoms with Crippen LogP contribution in [0, 0.1) is 6.92 Å². The predicted octanol–water partition coefficient (Wildman–Crippen LogP) is 5.85. The van der Waals surface area contributed by atoms with E-state index in [1.54, 1.807) is 24.3 Å². The molecule has 1 amide bonds. The van der Waals surface area contributed by atoms with E-state index < -0.39 is 22.5 Å². The average molecular weight is 543 g/mol. The van der Waals surface area contributed by atoms with Gasteiger partial charge in [0, 0.05) is 0 Å². The average Bonchev–Trinajstić information content (AvgIpc) is 2.87. The van der Waals surface area contributed by atoms with Crippen LogP contribution in [0.5, 0.6) is 5.75 Å². The van der Waals surface area contributed by atoms with E-state index in [9.17, 15) is 13.2 Å². The van der Waals surface area contributed by atoms with Gasteiger partial charge in [0.2, 0.25) is 5.91 Å². The molecule has 4 aromatic rings. The summed E-state index contributed by atoms with van der Waals surface area (Å²) < 4.78 is 33.7. The Morgan fingerprint density at radius 1 is 0.917 bits per heavy atom. The summed E-state index contributed by atoms with van der Waals surface area (Å²) in [4.78, 5) is 12.8. The van der Waals surface area contributed by atoms with Gasteiger partial charge >= 0.3 is 0 Å². The molecule has 0 bridgehead atoms. The molecule has 0 atom stereocenters. The lowest BCUT2D eigenvalue weighted by Gasteiger charge is -2.25. The van der Waals surface area contributed by atoms with Gasteiger partial charge in [0.25, 0.3) is 10.0 Å². The number of aryl methyl sites for hydroxylation is 1. The van der Waals surface area contributed by atoms with E-state index in [-0.39, 0.29) is 33.8 Å². The number of ether oxygens (including phenoxy) is 1. The number of hydrogen-bond donors (Lipinski definition) is 1. The highest BCUT2D eigenvalue weighted by atomic mass is 35.5. The number of fused-ring (bicyclic) bond motifs is 1. The van der Waals surface area contributed by atoms with Crippen LogP contribution in [0.25, 0.3) is 10.8 Å². The quantitative estimate of drug-likeness (QED) is 0.269. The van der Waals surface area contributed by atoms with Crippen LogP contribution in [0.4, 0.5) is 5.69 Å². The molecule has 0 unspecified atom stereocenters. The van der Waals surface area contributed by atoms with Gasteiger partial charge in [-0.05, 0) is 54.1 Å². The van der Waals surface area contributed by atoms with Gasteiger partial charge in [-0.2, -0.15) is 0 Å². The van der Waals surface area contributed by atoms with Gasteiger partial charge in [0.15, 0.2) is 0 Å². The van der Waals surface area contributed by atoms with Crippen molar-refractivity contribution in [1.29, 1.82) is 0 Å². The molecule has 0 aliphatic heterocycles. The van der Waals surface area contributed by atoms with Crippen LogP contribution in [0.3, 0.4) is 0 Å². The van der Waals surface area contributed by atoms with E-state index in [2.05, 4.69) is 5.32 Å². The first-order valence-electron chi connectivity index (χ1n) is 11.2. The molecule has 6 nitrogen and oxygen atoms in total. The van der Waals surface area contributed by atoms with Gasteiger partial charge in [0.05, 0.1) is 27.2 Å². The van der Waals surface area contributed by atoms with E-state index in [4.69, 9.17) is 27.9 Å². The number of amides is 1. The van der Waals surface area contributed by atoms with Crippen molar-refractivity contribution >= 4 is 55.6 Å². The third-order valence-corrected chi connectivity index (χ3v) is 8.09. The molecule has 1 N–H and O–H groups in total. The molecule has 0 radical (unpaired) electrons. The topological polar surface area (TPSA) is 75.7 Å². The molecule has 186 valence electrons. The van der Waals surface area contributed by atoms with Crippen LogP contribution in [0.1, 0.15) is 5.56 Å². The summed E-state index contributed by atoms with van der Waals surface area (Å²) in [6, 6.07) is 24.7. The van der Waals surface area contributed by atoms with Crippen molar-refractivity contribution in [2.75, 3.05) is 24.0 Å². The highest BCUT2D eigenvalue weighted by Gasteiger charge is 2.29. The van der Waals surface area contributed by atoms with Crippen LogP contribution in [-0.4, -0.2) is 34.0 Å². The van der Waals surface area contributed by atoms with Crippen molar-refractivity contribution in [2.45, 2.75) is 11.8 Å². The molecule has 4 rings (SSSR count). The Morgan fingerprint density at radius 3 is 2.39 bits per heavy atom. The molecule has 0 aliphatic rings. The molecule has 0 aliphatic carbocycles. The van der Waals surface area contributed by atoms with Gasteiger partial charge < -0.3 is 10.1 Å². The van der Waals surface area contributed by atoms with Crippen LogP contribution in [0.2, 0.25) is 10.0 Å². The zero-order valence-electron chi connectivity index (χ0n) is 19.4. The number of benzene rings is 4. The minimum absolute atomic E-state index is 0.0385. The molecular weight excluding hydrogens is 519 g/mol. The number of carbonyl (C=O) groups is 1. The number of sulfonamides is 1. The maximum atomic E-state index is 13.5. The summed E-state index contributed by atoms with van der Waals surface area (Å²) in [7, 11) is -4.10. The summed E-state index contributed by atoms with van der Waals surface area (Å²) in [5, 5.41) is 5.09. The maximum Gasteiger partial charge on any atom is 0.264 e. The van der Waals surface area contributed by atoms with Crippen molar-refractivity contribution in [3.05, 3.63) is 101 Å². The van der Waals surface area contributed by atoms with Gasteiger partial charge in [-0.3, -0.25) is 9.10 Å². The van der Waals surface area contributed by atoms with Gasteiger partial charge in [-0.15, -0.1) is 0 Å². The Bertz CT molecular complexity index is 1490. The Morgan fingerprint density at radius 2 is 1.64 bits per heavy atom. The van der Waals surface area contributed by atoms with Crippen LogP contribution in [0.15, 0.2) is 89.8 Å². The first-order valence-corrected chi connectivity index (χ1v) is 13.4. The van der Waals surface area contributed by atoms with Gasteiger partial charge in [-0.25, -0.2) is 8.42 Å². The second-order valence-electron chi connectivity index (χ2n) is 8.11. The van der Waals surface area contributed by atoms with Gasteiger partial charge in [-0.1, -0.05) is 77.3 Å². The number of carbonyl (C=O) groups excluding carboxylic acids is 1. The Balaban J connectivity index is 1.46. The largest absolute Gasteiger partial charge is 0.492 e. The summed E-state index contributed by atoms with van der Waals surface area (Å²) in [5.74, 6) is 0.168. The zero-order chi connectivity index (χ0) is 25.7. The van der Waals surface area contributed by atoms with E-state index in [0.717, 1.165) is 20.6 Å². The number of halogens is 2. The highest BCUT2D eigenvalue weighted by molar-refractivity contribution is 7.92. The first-order chi connectivity index (χ1) is 17.3. The van der Waals surface area contributed by atoms with Crippen molar-refractivity contribution in [3.8, 4) is 5.75 Å². The summed E-state index contributed by atoms with van der Waals surface area (Å²) >= 11 is 12.5. The third-order valence-electron chi connectivity index (χ3n) is 5.51. The van der Waals surface area contributed by atoms with Crippen molar-refractivity contribution in [1.82, 2.24) is 5.32 Å². The maximum absolute atomic E-state index is 13.5. The second-order valence-corrected chi connectivity index (χ2v) is 10.8. The van der Waals surface area contributed by atoms with Crippen molar-refractivity contribution < 1.29 is 17.9 Å². The molecule has 0 spiro atoms. The summed E-state index contributed by atoms with van der Waals surface area (Å²) in [6.45, 7) is 1.78. The lowest BCUT2D eigenvalue weighted by Crippen LogP contribution is -2.42. The lowest BCUT2D eigenvalue weighted by atomic mass is 10.1. The fraction of sp³-hybridized carbons (Fsp3) is 0.148. The molecule has 0 aromatic heterocycles.